The van der Waals surface area contributed by atoms with Crippen LogP contribution in [0.3, 0.4) is 0 Å². The predicted molar refractivity (Wildman–Crippen MR) is 101 cm³/mol. The van der Waals surface area contributed by atoms with E-state index >= 15 is 0 Å². The molecular formula is C21H34O5. The van der Waals surface area contributed by atoms with Crippen LogP contribution in [0.2, 0.25) is 0 Å². The number of rotatable bonds is 11. The van der Waals surface area contributed by atoms with Crippen molar-refractivity contribution in [2.24, 2.45) is 17.8 Å². The summed E-state index contributed by atoms with van der Waals surface area (Å²) in [6.07, 6.45) is 3.03. The molecule has 2 atom stereocenters. The second-order valence-corrected chi connectivity index (χ2v) is 8.26. The zero-order chi connectivity index (χ0) is 20.1. The van der Waals surface area contributed by atoms with Gasteiger partial charge in [0, 0.05) is 12.8 Å². The maximum Gasteiger partial charge on any atom is 0.190 e. The normalized spacial score (nSPS) is 23.4. The molecule has 0 bridgehead atoms. The summed E-state index contributed by atoms with van der Waals surface area (Å²) in [5.41, 5.74) is -2.61. The Morgan fingerprint density at radius 2 is 1.65 bits per heavy atom. The van der Waals surface area contributed by atoms with Crippen molar-refractivity contribution in [3.8, 4) is 0 Å². The van der Waals surface area contributed by atoms with Crippen molar-refractivity contribution in [2.45, 2.75) is 85.2 Å². The SMILES string of the molecule is CCCCC(=O)C1=C(O)C(O)(C(=O)CCC(C)C)C(CCC(C)C)C1=O. The first-order chi connectivity index (χ1) is 12.1. The van der Waals surface area contributed by atoms with Crippen LogP contribution >= 0.6 is 0 Å². The number of hydrogen-bond donors (Lipinski definition) is 2. The lowest BCUT2D eigenvalue weighted by atomic mass is 9.79. The van der Waals surface area contributed by atoms with Crippen LogP contribution in [-0.4, -0.2) is 33.2 Å². The summed E-state index contributed by atoms with van der Waals surface area (Å²) in [6, 6.07) is 0. The van der Waals surface area contributed by atoms with Gasteiger partial charge in [-0.15, -0.1) is 0 Å². The van der Waals surface area contributed by atoms with E-state index in [1.54, 1.807) is 0 Å². The van der Waals surface area contributed by atoms with E-state index in [-0.39, 0.29) is 36.7 Å². The molecule has 0 radical (unpaired) electrons. The molecule has 148 valence electrons. The van der Waals surface area contributed by atoms with E-state index in [2.05, 4.69) is 0 Å². The molecule has 0 fully saturated rings. The monoisotopic (exact) mass is 366 g/mol. The van der Waals surface area contributed by atoms with Crippen molar-refractivity contribution in [1.29, 1.82) is 0 Å². The Hall–Kier alpha value is -1.49. The van der Waals surface area contributed by atoms with Gasteiger partial charge < -0.3 is 10.2 Å². The first kappa shape index (κ1) is 22.6. The van der Waals surface area contributed by atoms with E-state index in [0.29, 0.717) is 19.3 Å². The highest BCUT2D eigenvalue weighted by molar-refractivity contribution is 6.25. The van der Waals surface area contributed by atoms with Crippen molar-refractivity contribution in [3.63, 3.8) is 0 Å². The van der Waals surface area contributed by atoms with Crippen LogP contribution in [-0.2, 0) is 14.4 Å². The molecule has 0 aromatic rings. The standard InChI is InChI=1S/C21H34O5/c1-6-7-8-16(22)18-19(24)15(11-9-13(2)3)21(26,20(18)25)17(23)12-10-14(4)5/h13-15,25-26H,6-12H2,1-5H3. The van der Waals surface area contributed by atoms with E-state index < -0.39 is 34.6 Å². The number of ketones is 3. The van der Waals surface area contributed by atoms with Gasteiger partial charge >= 0.3 is 0 Å². The zero-order valence-corrected chi connectivity index (χ0v) is 16.8. The van der Waals surface area contributed by atoms with Gasteiger partial charge in [-0.1, -0.05) is 47.5 Å². The quantitative estimate of drug-likeness (QED) is 0.541. The molecule has 5 heteroatoms. The fourth-order valence-corrected chi connectivity index (χ4v) is 3.34. The zero-order valence-electron chi connectivity index (χ0n) is 16.8. The molecule has 2 N–H and O–H groups in total. The van der Waals surface area contributed by atoms with Crippen molar-refractivity contribution in [1.82, 2.24) is 0 Å². The molecule has 26 heavy (non-hydrogen) atoms. The van der Waals surface area contributed by atoms with Gasteiger partial charge in [0.2, 0.25) is 0 Å². The molecule has 0 saturated heterocycles. The Morgan fingerprint density at radius 1 is 1.08 bits per heavy atom. The second-order valence-electron chi connectivity index (χ2n) is 8.26. The van der Waals surface area contributed by atoms with E-state index in [4.69, 9.17) is 0 Å². The van der Waals surface area contributed by atoms with Crippen LogP contribution in [0.25, 0.3) is 0 Å². The Kier molecular flexibility index (Phi) is 8.19. The Labute approximate surface area is 156 Å². The van der Waals surface area contributed by atoms with Gasteiger partial charge in [-0.25, -0.2) is 0 Å². The molecule has 0 amide bonds. The third kappa shape index (κ3) is 4.81. The maximum absolute atomic E-state index is 12.8. The predicted octanol–water partition coefficient (Wildman–Crippen LogP) is 3.93. The van der Waals surface area contributed by atoms with Crippen molar-refractivity contribution in [3.05, 3.63) is 11.3 Å². The third-order valence-corrected chi connectivity index (χ3v) is 5.11. The maximum atomic E-state index is 12.8. The molecule has 0 aromatic heterocycles. The van der Waals surface area contributed by atoms with Crippen molar-refractivity contribution in [2.75, 3.05) is 0 Å². The highest BCUT2D eigenvalue weighted by atomic mass is 16.3. The molecule has 0 aromatic carbocycles. The van der Waals surface area contributed by atoms with Gasteiger partial charge in [0.05, 0.1) is 5.92 Å². The van der Waals surface area contributed by atoms with Crippen molar-refractivity contribution < 1.29 is 24.6 Å². The van der Waals surface area contributed by atoms with Crippen LogP contribution in [0.15, 0.2) is 11.3 Å². The molecule has 2 unspecified atom stereocenters. The molecule has 1 aliphatic carbocycles. The van der Waals surface area contributed by atoms with Crippen LogP contribution < -0.4 is 0 Å². The minimum atomic E-state index is -2.25. The lowest BCUT2D eigenvalue weighted by Crippen LogP contribution is -2.47. The highest BCUT2D eigenvalue weighted by Crippen LogP contribution is 2.42. The number of allylic oxidation sites excluding steroid dienone is 1. The minimum Gasteiger partial charge on any atom is -0.508 e. The molecule has 0 saturated carbocycles. The minimum absolute atomic E-state index is 0.0696. The van der Waals surface area contributed by atoms with Crippen LogP contribution in [0.1, 0.15) is 79.6 Å². The van der Waals surface area contributed by atoms with Gasteiger partial charge in [0.15, 0.2) is 23.0 Å². The number of hydrogen-bond acceptors (Lipinski definition) is 5. The Morgan fingerprint density at radius 3 is 2.15 bits per heavy atom. The molecule has 1 rings (SSSR count). The lowest BCUT2D eigenvalue weighted by molar-refractivity contribution is -0.145. The summed E-state index contributed by atoms with van der Waals surface area (Å²) in [5, 5.41) is 21.7. The highest BCUT2D eigenvalue weighted by Gasteiger charge is 2.58. The topological polar surface area (TPSA) is 91.7 Å². The summed E-state index contributed by atoms with van der Waals surface area (Å²) < 4.78 is 0. The average molecular weight is 366 g/mol. The summed E-state index contributed by atoms with van der Waals surface area (Å²) >= 11 is 0. The van der Waals surface area contributed by atoms with E-state index in [1.807, 2.05) is 34.6 Å². The molecule has 1 aliphatic rings. The largest absolute Gasteiger partial charge is 0.508 e. The van der Waals surface area contributed by atoms with Crippen LogP contribution in [0.4, 0.5) is 0 Å². The smallest absolute Gasteiger partial charge is 0.190 e. The number of carbonyl (C=O) groups excluding carboxylic acids is 3. The number of unbranched alkanes of at least 4 members (excludes halogenated alkanes) is 1. The molecule has 0 aliphatic heterocycles. The summed E-state index contributed by atoms with van der Waals surface area (Å²) in [6.45, 7) is 9.82. The Balaban J connectivity index is 3.22. The fourth-order valence-electron chi connectivity index (χ4n) is 3.34. The molecule has 0 spiro atoms. The number of carbonyl (C=O) groups is 3. The van der Waals surface area contributed by atoms with Crippen molar-refractivity contribution >= 4 is 17.3 Å². The summed E-state index contributed by atoms with van der Waals surface area (Å²) in [7, 11) is 0. The summed E-state index contributed by atoms with van der Waals surface area (Å²) in [5.74, 6) is -2.87. The molecule has 5 nitrogen and oxygen atoms in total. The van der Waals surface area contributed by atoms with Gasteiger partial charge in [-0.2, -0.15) is 0 Å². The summed E-state index contributed by atoms with van der Waals surface area (Å²) in [4.78, 5) is 38.0. The van der Waals surface area contributed by atoms with Gasteiger partial charge in [-0.05, 0) is 31.1 Å². The van der Waals surface area contributed by atoms with Gasteiger partial charge in [0.25, 0.3) is 0 Å². The first-order valence-electron chi connectivity index (χ1n) is 9.84. The van der Waals surface area contributed by atoms with Gasteiger partial charge in [-0.3, -0.25) is 14.4 Å². The van der Waals surface area contributed by atoms with E-state index in [9.17, 15) is 24.6 Å². The third-order valence-electron chi connectivity index (χ3n) is 5.11. The first-order valence-corrected chi connectivity index (χ1v) is 9.84. The van der Waals surface area contributed by atoms with Crippen LogP contribution in [0.5, 0.6) is 0 Å². The number of aliphatic hydroxyl groups excluding tert-OH is 1. The Bertz CT molecular complexity index is 573. The molecular weight excluding hydrogens is 332 g/mol. The van der Waals surface area contributed by atoms with Gasteiger partial charge in [0.1, 0.15) is 11.3 Å². The van der Waals surface area contributed by atoms with E-state index in [0.717, 1.165) is 6.42 Å². The molecule has 0 heterocycles. The second kappa shape index (κ2) is 9.45. The number of aliphatic hydroxyl groups is 2. The van der Waals surface area contributed by atoms with E-state index in [1.165, 1.54) is 0 Å². The van der Waals surface area contributed by atoms with Crippen LogP contribution in [0, 0.1) is 17.8 Å². The fraction of sp³-hybridized carbons (Fsp3) is 0.762. The lowest BCUT2D eigenvalue weighted by Gasteiger charge is -2.28. The number of Topliss-reactive ketones (excluding diaryl/α,β-unsaturated/α-hetero) is 3. The average Bonchev–Trinajstić information content (AvgIpc) is 2.75.